The lowest BCUT2D eigenvalue weighted by molar-refractivity contribution is -0.116. The molecule has 8 nitrogen and oxygen atoms in total. The third kappa shape index (κ3) is 4.01. The normalized spacial score (nSPS) is 14.0. The average Bonchev–Trinajstić information content (AvgIpc) is 3.02. The molecule has 1 aliphatic rings. The molecule has 0 saturated heterocycles. The Morgan fingerprint density at radius 2 is 1.72 bits per heavy atom. The quantitative estimate of drug-likeness (QED) is 0.740. The smallest absolute Gasteiger partial charge is 0.246 e. The summed E-state index contributed by atoms with van der Waals surface area (Å²) in [5, 5.41) is 10.8. The van der Waals surface area contributed by atoms with E-state index in [1.54, 1.807) is 25.1 Å². The van der Waals surface area contributed by atoms with E-state index >= 15 is 0 Å². The molecule has 0 saturated carbocycles. The largest absolute Gasteiger partial charge is 0.454 e. The number of anilines is 2. The minimum absolute atomic E-state index is 0.0166. The van der Waals surface area contributed by atoms with Gasteiger partial charge in [-0.05, 0) is 43.3 Å². The second-order valence-electron chi connectivity index (χ2n) is 5.49. The van der Waals surface area contributed by atoms with Crippen molar-refractivity contribution in [3.8, 4) is 11.5 Å². The van der Waals surface area contributed by atoms with Crippen LogP contribution in [0.2, 0.25) is 0 Å². The zero-order chi connectivity index (χ0) is 18.0. The lowest BCUT2D eigenvalue weighted by atomic mass is 10.2. The van der Waals surface area contributed by atoms with Crippen LogP contribution in [0.1, 0.15) is 6.92 Å². The molecule has 132 valence electrons. The van der Waals surface area contributed by atoms with Crippen LogP contribution in [-0.2, 0) is 14.8 Å². The van der Waals surface area contributed by atoms with E-state index in [0.717, 1.165) is 5.69 Å². The number of sulfonamides is 1. The first-order chi connectivity index (χ1) is 11.8. The number of hydrogen-bond acceptors (Lipinski definition) is 6. The van der Waals surface area contributed by atoms with Crippen molar-refractivity contribution in [2.45, 2.75) is 17.9 Å². The van der Waals surface area contributed by atoms with Crippen molar-refractivity contribution in [1.29, 1.82) is 0 Å². The lowest BCUT2D eigenvalue weighted by Gasteiger charge is -2.15. The first-order valence-electron chi connectivity index (χ1n) is 7.43. The fourth-order valence-corrected chi connectivity index (χ4v) is 2.80. The monoisotopic (exact) mass is 363 g/mol. The van der Waals surface area contributed by atoms with Crippen LogP contribution in [0.4, 0.5) is 11.4 Å². The number of fused-ring (bicyclic) bond motifs is 1. The van der Waals surface area contributed by atoms with Crippen molar-refractivity contribution in [3.63, 3.8) is 0 Å². The Bertz CT molecular complexity index is 896. The van der Waals surface area contributed by atoms with E-state index in [1.165, 1.54) is 24.3 Å². The van der Waals surface area contributed by atoms with Gasteiger partial charge in [-0.3, -0.25) is 4.79 Å². The molecule has 1 amide bonds. The number of nitrogens with one attached hydrogen (secondary N) is 2. The topological polar surface area (TPSA) is 120 Å². The summed E-state index contributed by atoms with van der Waals surface area (Å²) in [4.78, 5) is 12.2. The summed E-state index contributed by atoms with van der Waals surface area (Å²) in [6, 6.07) is 10.4. The van der Waals surface area contributed by atoms with Gasteiger partial charge < -0.3 is 20.1 Å². The predicted octanol–water partition coefficient (Wildman–Crippen LogP) is 1.50. The maximum absolute atomic E-state index is 12.3. The number of ether oxygens (including phenoxy) is 2. The first-order valence-corrected chi connectivity index (χ1v) is 8.97. The maximum Gasteiger partial charge on any atom is 0.246 e. The summed E-state index contributed by atoms with van der Waals surface area (Å²) in [6.07, 6.45) is 0. The molecule has 0 aromatic heterocycles. The van der Waals surface area contributed by atoms with E-state index in [2.05, 4.69) is 10.6 Å². The third-order valence-corrected chi connectivity index (χ3v) is 4.53. The van der Waals surface area contributed by atoms with Gasteiger partial charge in [-0.1, -0.05) is 0 Å². The van der Waals surface area contributed by atoms with Gasteiger partial charge >= 0.3 is 0 Å². The van der Waals surface area contributed by atoms with Crippen molar-refractivity contribution in [2.75, 3.05) is 17.4 Å². The molecular formula is C16H17N3O5S. The highest BCUT2D eigenvalue weighted by Gasteiger charge is 2.17. The number of hydrogen-bond donors (Lipinski definition) is 3. The molecular weight excluding hydrogens is 346 g/mol. The second-order valence-corrected chi connectivity index (χ2v) is 7.05. The van der Waals surface area contributed by atoms with Crippen LogP contribution in [0.15, 0.2) is 47.4 Å². The van der Waals surface area contributed by atoms with E-state index in [9.17, 15) is 13.2 Å². The number of amides is 1. The second kappa shape index (κ2) is 6.61. The molecule has 0 spiro atoms. The van der Waals surface area contributed by atoms with Crippen LogP contribution in [0.25, 0.3) is 0 Å². The average molecular weight is 363 g/mol. The Morgan fingerprint density at radius 3 is 2.40 bits per heavy atom. The number of nitrogens with two attached hydrogens (primary N) is 1. The molecule has 3 rings (SSSR count). The third-order valence-electron chi connectivity index (χ3n) is 3.60. The van der Waals surface area contributed by atoms with E-state index in [-0.39, 0.29) is 17.6 Å². The van der Waals surface area contributed by atoms with Crippen molar-refractivity contribution in [3.05, 3.63) is 42.5 Å². The van der Waals surface area contributed by atoms with Crippen molar-refractivity contribution < 1.29 is 22.7 Å². The van der Waals surface area contributed by atoms with E-state index in [1.807, 2.05) is 0 Å². The summed E-state index contributed by atoms with van der Waals surface area (Å²) >= 11 is 0. The van der Waals surface area contributed by atoms with Gasteiger partial charge in [-0.15, -0.1) is 0 Å². The highest BCUT2D eigenvalue weighted by atomic mass is 32.2. The summed E-state index contributed by atoms with van der Waals surface area (Å²) < 4.78 is 33.0. The van der Waals surface area contributed by atoms with Crippen LogP contribution in [0.3, 0.4) is 0 Å². The number of benzene rings is 2. The van der Waals surface area contributed by atoms with E-state index in [4.69, 9.17) is 14.6 Å². The van der Waals surface area contributed by atoms with Crippen molar-refractivity contribution in [2.24, 2.45) is 5.14 Å². The number of rotatable bonds is 5. The van der Waals surface area contributed by atoms with Gasteiger partial charge in [0.2, 0.25) is 22.7 Å². The van der Waals surface area contributed by atoms with Gasteiger partial charge in [0.05, 0.1) is 4.90 Å². The molecule has 0 bridgehead atoms. The minimum Gasteiger partial charge on any atom is -0.454 e. The number of primary sulfonamides is 1. The van der Waals surface area contributed by atoms with Gasteiger partial charge in [-0.25, -0.2) is 13.6 Å². The fraction of sp³-hybridized carbons (Fsp3) is 0.188. The van der Waals surface area contributed by atoms with Crippen LogP contribution < -0.4 is 25.2 Å². The molecule has 9 heteroatoms. The molecule has 0 radical (unpaired) electrons. The Morgan fingerprint density at radius 1 is 1.08 bits per heavy atom. The molecule has 0 fully saturated rings. The molecule has 1 heterocycles. The summed E-state index contributed by atoms with van der Waals surface area (Å²) in [5.74, 6) is 1.01. The summed E-state index contributed by atoms with van der Waals surface area (Å²) in [6.45, 7) is 1.89. The van der Waals surface area contributed by atoms with Crippen LogP contribution in [0, 0.1) is 0 Å². The lowest BCUT2D eigenvalue weighted by Crippen LogP contribution is -2.31. The zero-order valence-corrected chi connectivity index (χ0v) is 14.2. The predicted molar refractivity (Wildman–Crippen MR) is 92.1 cm³/mol. The Labute approximate surface area is 145 Å². The first kappa shape index (κ1) is 17.1. The molecule has 0 aliphatic carbocycles. The van der Waals surface area contributed by atoms with Crippen molar-refractivity contribution in [1.82, 2.24) is 0 Å². The van der Waals surface area contributed by atoms with Crippen molar-refractivity contribution >= 4 is 27.3 Å². The van der Waals surface area contributed by atoms with Gasteiger partial charge in [0.15, 0.2) is 11.5 Å². The van der Waals surface area contributed by atoms with Gasteiger partial charge in [0.1, 0.15) is 6.04 Å². The minimum atomic E-state index is -3.76. The van der Waals surface area contributed by atoms with Crippen LogP contribution in [-0.4, -0.2) is 27.2 Å². The standard InChI is InChI=1S/C16H17N3O5S/c1-10(18-12-4-7-14-15(8-12)24-9-23-14)16(20)19-11-2-5-13(6-3-11)25(17,21)22/h2-8,10,18H,9H2,1H3,(H,19,20)(H2,17,21,22)/t10-/m1/s1. The molecule has 1 aliphatic heterocycles. The van der Waals surface area contributed by atoms with Crippen LogP contribution in [0.5, 0.6) is 11.5 Å². The molecule has 2 aromatic rings. The Hall–Kier alpha value is -2.78. The molecule has 1 atom stereocenters. The molecule has 25 heavy (non-hydrogen) atoms. The zero-order valence-electron chi connectivity index (χ0n) is 13.4. The Kier molecular flexibility index (Phi) is 4.51. The van der Waals surface area contributed by atoms with Crippen LogP contribution >= 0.6 is 0 Å². The van der Waals surface area contributed by atoms with Gasteiger partial charge in [-0.2, -0.15) is 0 Å². The fourth-order valence-electron chi connectivity index (χ4n) is 2.28. The van der Waals surface area contributed by atoms with E-state index < -0.39 is 16.1 Å². The number of carbonyl (C=O) groups is 1. The van der Waals surface area contributed by atoms with Gasteiger partial charge in [0.25, 0.3) is 0 Å². The summed E-state index contributed by atoms with van der Waals surface area (Å²) in [5.41, 5.74) is 1.19. The van der Waals surface area contributed by atoms with E-state index in [0.29, 0.717) is 17.2 Å². The Balaban J connectivity index is 1.62. The molecule has 2 aromatic carbocycles. The highest BCUT2D eigenvalue weighted by Crippen LogP contribution is 2.34. The number of carbonyl (C=O) groups excluding carboxylic acids is 1. The maximum atomic E-state index is 12.3. The summed E-state index contributed by atoms with van der Waals surface area (Å²) in [7, 11) is -3.76. The highest BCUT2D eigenvalue weighted by molar-refractivity contribution is 7.89. The van der Waals surface area contributed by atoms with Gasteiger partial charge in [0, 0.05) is 17.4 Å². The molecule has 4 N–H and O–H groups in total. The SMILES string of the molecule is C[C@@H](Nc1ccc2c(c1)OCO2)C(=O)Nc1ccc(S(N)(=O)=O)cc1. The molecule has 0 unspecified atom stereocenters.